The average Bonchev–Trinajstić information content (AvgIpc) is 3.12. The molecule has 0 aliphatic carbocycles. The first-order valence-electron chi connectivity index (χ1n) is 10.5. The van der Waals surface area contributed by atoms with Crippen molar-refractivity contribution >= 4 is 21.0 Å². The number of hydrogen-bond donors (Lipinski definition) is 1. The molecular formula is C26H21NO5S. The molecule has 0 bridgehead atoms. The first kappa shape index (κ1) is 21.1. The fourth-order valence-corrected chi connectivity index (χ4v) is 5.03. The molecule has 5 rings (SSSR count). The van der Waals surface area contributed by atoms with Gasteiger partial charge in [-0.25, -0.2) is 8.42 Å². The van der Waals surface area contributed by atoms with Gasteiger partial charge in [-0.1, -0.05) is 42.3 Å². The lowest BCUT2D eigenvalue weighted by molar-refractivity contribution is 0.297. The molecule has 1 atom stereocenters. The molecule has 0 unspecified atom stereocenters. The summed E-state index contributed by atoms with van der Waals surface area (Å²) in [6.45, 7) is 0.982. The first-order chi connectivity index (χ1) is 16.0. The Morgan fingerprint density at radius 3 is 2.48 bits per heavy atom. The second-order valence-electron chi connectivity index (χ2n) is 7.63. The van der Waals surface area contributed by atoms with Crippen LogP contribution < -0.4 is 14.2 Å². The summed E-state index contributed by atoms with van der Waals surface area (Å²) < 4.78 is 47.1. The van der Waals surface area contributed by atoms with Crippen LogP contribution in [-0.4, -0.2) is 21.6 Å². The fraction of sp³-hybridized carbons (Fsp3) is 0.154. The van der Waals surface area contributed by atoms with Crippen LogP contribution in [0.1, 0.15) is 29.3 Å². The first-order valence-corrected chi connectivity index (χ1v) is 12.0. The van der Waals surface area contributed by atoms with Gasteiger partial charge >= 0.3 is 0 Å². The Hall–Kier alpha value is -3.73. The summed E-state index contributed by atoms with van der Waals surface area (Å²) >= 11 is 0. The maximum atomic E-state index is 13.5. The van der Waals surface area contributed by atoms with Gasteiger partial charge in [-0.05, 0) is 35.9 Å². The fourth-order valence-electron chi connectivity index (χ4n) is 3.83. The van der Waals surface area contributed by atoms with E-state index in [1.165, 1.54) is 12.1 Å². The minimum atomic E-state index is -3.98. The van der Waals surface area contributed by atoms with Crippen molar-refractivity contribution in [1.82, 2.24) is 4.72 Å². The summed E-state index contributed by atoms with van der Waals surface area (Å²) in [5.41, 5.74) is 1.85. The molecule has 0 spiro atoms. The smallest absolute Gasteiger partial charge is 0.241 e. The number of sulfonamides is 1. The van der Waals surface area contributed by atoms with E-state index in [1.54, 1.807) is 18.2 Å². The number of nitrogens with one attached hydrogen (secondary N) is 1. The molecule has 2 heterocycles. The molecule has 6 nitrogen and oxygen atoms in total. The van der Waals surface area contributed by atoms with Crippen LogP contribution in [0.25, 0.3) is 11.0 Å². The Morgan fingerprint density at radius 1 is 0.909 bits per heavy atom. The van der Waals surface area contributed by atoms with Crippen molar-refractivity contribution in [1.29, 1.82) is 0 Å². The highest BCUT2D eigenvalue weighted by molar-refractivity contribution is 7.89. The van der Waals surface area contributed by atoms with Crippen molar-refractivity contribution in [3.8, 4) is 23.8 Å². The van der Waals surface area contributed by atoms with Gasteiger partial charge in [0.15, 0.2) is 11.5 Å². The molecular weight excluding hydrogens is 438 g/mol. The summed E-state index contributed by atoms with van der Waals surface area (Å²) in [5.74, 6) is 4.01. The van der Waals surface area contributed by atoms with Crippen molar-refractivity contribution in [3.63, 3.8) is 0 Å². The van der Waals surface area contributed by atoms with Gasteiger partial charge in [0.25, 0.3) is 0 Å². The Morgan fingerprint density at radius 2 is 1.67 bits per heavy atom. The Kier molecular flexibility index (Phi) is 5.55. The number of hydrogen-bond acceptors (Lipinski definition) is 5. The number of furan rings is 1. The van der Waals surface area contributed by atoms with Crippen LogP contribution in [0.2, 0.25) is 0 Å². The number of terminal acetylenes is 1. The third kappa shape index (κ3) is 4.19. The molecule has 0 saturated carbocycles. The predicted molar refractivity (Wildman–Crippen MR) is 125 cm³/mol. The van der Waals surface area contributed by atoms with E-state index in [2.05, 4.69) is 10.6 Å². The molecule has 3 aromatic carbocycles. The van der Waals surface area contributed by atoms with E-state index in [0.29, 0.717) is 47.2 Å². The van der Waals surface area contributed by atoms with Crippen LogP contribution in [0.4, 0.5) is 0 Å². The quantitative estimate of drug-likeness (QED) is 0.440. The van der Waals surface area contributed by atoms with Gasteiger partial charge in [0.05, 0.1) is 18.1 Å². The number of para-hydroxylation sites is 1. The average molecular weight is 460 g/mol. The minimum absolute atomic E-state index is 0.0612. The van der Waals surface area contributed by atoms with Gasteiger partial charge in [-0.3, -0.25) is 0 Å². The molecule has 0 saturated heterocycles. The second kappa shape index (κ2) is 8.66. The summed E-state index contributed by atoms with van der Waals surface area (Å²) in [4.78, 5) is 0.0612. The third-order valence-corrected chi connectivity index (χ3v) is 6.88. The van der Waals surface area contributed by atoms with E-state index in [1.807, 2.05) is 42.5 Å². The van der Waals surface area contributed by atoms with Crippen molar-refractivity contribution in [3.05, 3.63) is 89.7 Å². The summed E-state index contributed by atoms with van der Waals surface area (Å²) in [5, 5.41) is 0.866. The number of ether oxygens (including phenoxy) is 2. The minimum Gasteiger partial charge on any atom is -0.490 e. The molecule has 4 aromatic rings. The summed E-state index contributed by atoms with van der Waals surface area (Å²) in [7, 11) is -3.98. The van der Waals surface area contributed by atoms with E-state index < -0.39 is 16.1 Å². The molecule has 1 aliphatic heterocycles. The highest BCUT2D eigenvalue weighted by Gasteiger charge is 2.28. The monoisotopic (exact) mass is 459 g/mol. The van der Waals surface area contributed by atoms with Crippen LogP contribution in [-0.2, 0) is 10.0 Å². The molecule has 33 heavy (non-hydrogen) atoms. The van der Waals surface area contributed by atoms with Crippen molar-refractivity contribution in [2.75, 3.05) is 13.2 Å². The molecule has 7 heteroatoms. The molecule has 0 fully saturated rings. The molecule has 0 radical (unpaired) electrons. The van der Waals surface area contributed by atoms with Gasteiger partial charge in [0, 0.05) is 23.4 Å². The van der Waals surface area contributed by atoms with Gasteiger partial charge < -0.3 is 13.9 Å². The maximum absolute atomic E-state index is 13.5. The summed E-state index contributed by atoms with van der Waals surface area (Å²) in [6.07, 6.45) is 6.45. The van der Waals surface area contributed by atoms with Gasteiger partial charge in [-0.2, -0.15) is 4.72 Å². The van der Waals surface area contributed by atoms with Crippen LogP contribution in [0.3, 0.4) is 0 Å². The highest BCUT2D eigenvalue weighted by Crippen LogP contribution is 2.34. The Labute approximate surface area is 192 Å². The lowest BCUT2D eigenvalue weighted by Crippen LogP contribution is -2.29. The van der Waals surface area contributed by atoms with Crippen molar-refractivity contribution in [2.45, 2.75) is 17.4 Å². The second-order valence-corrected chi connectivity index (χ2v) is 9.35. The van der Waals surface area contributed by atoms with E-state index in [0.717, 1.165) is 11.8 Å². The van der Waals surface area contributed by atoms with E-state index in [4.69, 9.17) is 20.3 Å². The molecule has 1 N–H and O–H groups in total. The molecule has 1 aromatic heterocycles. The molecule has 166 valence electrons. The van der Waals surface area contributed by atoms with E-state index in [-0.39, 0.29) is 4.90 Å². The van der Waals surface area contributed by atoms with Gasteiger partial charge in [0.1, 0.15) is 17.4 Å². The topological polar surface area (TPSA) is 77.8 Å². The number of benzene rings is 3. The molecule has 0 amide bonds. The third-order valence-electron chi connectivity index (χ3n) is 5.46. The van der Waals surface area contributed by atoms with Crippen LogP contribution in [0.5, 0.6) is 11.5 Å². The largest absolute Gasteiger partial charge is 0.490 e. The zero-order chi connectivity index (χ0) is 22.8. The van der Waals surface area contributed by atoms with Crippen molar-refractivity contribution in [2.24, 2.45) is 0 Å². The van der Waals surface area contributed by atoms with E-state index >= 15 is 0 Å². The van der Waals surface area contributed by atoms with E-state index in [9.17, 15) is 8.42 Å². The molecule has 1 aliphatic rings. The zero-order valence-electron chi connectivity index (χ0n) is 17.7. The van der Waals surface area contributed by atoms with Crippen molar-refractivity contribution < 1.29 is 22.3 Å². The van der Waals surface area contributed by atoms with Crippen LogP contribution >= 0.6 is 0 Å². The highest BCUT2D eigenvalue weighted by atomic mass is 32.2. The lowest BCUT2D eigenvalue weighted by Gasteiger charge is -2.19. The normalized spacial score (nSPS) is 14.4. The predicted octanol–water partition coefficient (Wildman–Crippen LogP) is 4.64. The standard InChI is InChI=1S/C26H21NO5S/c1-2-18-8-3-5-10-21(18)26(25-16-19-9-4-6-11-22(19)32-25)27-33(28,29)20-12-13-23-24(17-20)31-15-7-14-30-23/h1,3-6,8-13,16-17,26-27H,7,14-15H2/t26-/m0/s1. The van der Waals surface area contributed by atoms with Gasteiger partial charge in [0.2, 0.25) is 10.0 Å². The number of rotatable bonds is 5. The Bertz CT molecular complexity index is 1430. The van der Waals surface area contributed by atoms with Crippen LogP contribution in [0, 0.1) is 12.3 Å². The Balaban J connectivity index is 1.58. The lowest BCUT2D eigenvalue weighted by atomic mass is 9.99. The van der Waals surface area contributed by atoms with Crippen LogP contribution in [0.15, 0.2) is 82.1 Å². The van der Waals surface area contributed by atoms with Gasteiger partial charge in [-0.15, -0.1) is 6.42 Å². The zero-order valence-corrected chi connectivity index (χ0v) is 18.5. The maximum Gasteiger partial charge on any atom is 0.241 e. The number of fused-ring (bicyclic) bond motifs is 2. The summed E-state index contributed by atoms with van der Waals surface area (Å²) in [6, 6.07) is 20.3. The SMILES string of the molecule is C#Cc1ccccc1[C@H](NS(=O)(=O)c1ccc2c(c1)OCCCO2)c1cc2ccccc2o1.